The van der Waals surface area contributed by atoms with Gasteiger partial charge in [0.15, 0.2) is 5.65 Å². The van der Waals surface area contributed by atoms with Crippen LogP contribution in [0.25, 0.3) is 21.7 Å². The zero-order valence-corrected chi connectivity index (χ0v) is 19.8. The van der Waals surface area contributed by atoms with E-state index in [1.807, 2.05) is 32.9 Å². The number of nitrogens with zero attached hydrogens (tertiary/aromatic N) is 3. The number of hydrogen-bond donors (Lipinski definition) is 3. The normalized spacial score (nSPS) is 14.3. The van der Waals surface area contributed by atoms with Gasteiger partial charge in [0.2, 0.25) is 0 Å². The molecule has 1 fully saturated rings. The summed E-state index contributed by atoms with van der Waals surface area (Å²) in [6.07, 6.45) is 5.58. The molecular weight excluding hydrogens is 440 g/mol. The van der Waals surface area contributed by atoms with Crippen molar-refractivity contribution in [2.75, 3.05) is 5.32 Å². The van der Waals surface area contributed by atoms with Crippen molar-refractivity contribution in [1.82, 2.24) is 25.6 Å². The molecule has 0 spiro atoms. The van der Waals surface area contributed by atoms with Crippen molar-refractivity contribution >= 4 is 40.4 Å². The molecule has 0 aromatic carbocycles. The molecular formula is C23H28N6O3S. The van der Waals surface area contributed by atoms with E-state index < -0.39 is 11.7 Å². The van der Waals surface area contributed by atoms with E-state index in [2.05, 4.69) is 30.9 Å². The molecule has 3 N–H and O–H groups in total. The molecule has 1 aliphatic carbocycles. The lowest BCUT2D eigenvalue weighted by Crippen LogP contribution is -2.36. The Balaban J connectivity index is 1.42. The first-order chi connectivity index (χ1) is 15.7. The Morgan fingerprint density at radius 1 is 1.12 bits per heavy atom. The zero-order chi connectivity index (χ0) is 23.4. The zero-order valence-electron chi connectivity index (χ0n) is 19.0. The first-order valence-corrected chi connectivity index (χ1v) is 11.8. The van der Waals surface area contributed by atoms with Gasteiger partial charge in [0.05, 0.1) is 17.6 Å². The smallest absolute Gasteiger partial charge is 0.407 e. The van der Waals surface area contributed by atoms with Crippen LogP contribution in [0.4, 0.5) is 15.4 Å². The fourth-order valence-corrected chi connectivity index (χ4v) is 4.48. The fraction of sp³-hybridized carbons (Fsp3) is 0.435. The minimum Gasteiger partial charge on any atom is -0.444 e. The number of ether oxygens (including phenoxy) is 1. The van der Waals surface area contributed by atoms with E-state index in [0.717, 1.165) is 35.4 Å². The number of thiophene rings is 1. The highest BCUT2D eigenvalue weighted by molar-refractivity contribution is 7.15. The number of amides is 3. The number of fused-ring (bicyclic) bond motifs is 1. The van der Waals surface area contributed by atoms with E-state index in [0.29, 0.717) is 29.2 Å². The molecule has 3 aromatic heterocycles. The fourth-order valence-electron chi connectivity index (χ4n) is 3.58. The Labute approximate surface area is 196 Å². The second-order valence-corrected chi connectivity index (χ2v) is 10.2. The minimum absolute atomic E-state index is 0.231. The van der Waals surface area contributed by atoms with Crippen molar-refractivity contribution in [3.05, 3.63) is 35.3 Å². The number of alkyl carbamates (subject to hydrolysis) is 1. The molecule has 10 heteroatoms. The number of rotatable bonds is 5. The maximum atomic E-state index is 12.2. The Bertz CT molecular complexity index is 1150. The Hall–Kier alpha value is -3.27. The summed E-state index contributed by atoms with van der Waals surface area (Å²) in [4.78, 5) is 39.5. The third-order valence-electron chi connectivity index (χ3n) is 5.06. The molecule has 0 bridgehead atoms. The minimum atomic E-state index is -0.538. The SMILES string of the molecule is CC(C)(C)OC(=O)NCc1ccc(-c2cnc3ccc(NC(=O)NC4CCCC4)nc3n2)s1. The predicted molar refractivity (Wildman–Crippen MR) is 128 cm³/mol. The van der Waals surface area contributed by atoms with E-state index in [1.165, 1.54) is 11.3 Å². The molecule has 0 atom stereocenters. The van der Waals surface area contributed by atoms with Crippen LogP contribution in [0.5, 0.6) is 0 Å². The quantitative estimate of drug-likeness (QED) is 0.493. The molecule has 0 radical (unpaired) electrons. The average molecular weight is 469 g/mol. The molecule has 3 amide bonds. The summed E-state index contributed by atoms with van der Waals surface area (Å²) in [7, 11) is 0. The highest BCUT2D eigenvalue weighted by atomic mass is 32.1. The molecule has 0 saturated heterocycles. The summed E-state index contributed by atoms with van der Waals surface area (Å²) >= 11 is 1.51. The Morgan fingerprint density at radius 2 is 1.91 bits per heavy atom. The molecule has 3 heterocycles. The molecule has 3 aromatic rings. The molecule has 0 aliphatic heterocycles. The van der Waals surface area contributed by atoms with Crippen molar-refractivity contribution in [2.45, 2.75) is 64.6 Å². The maximum absolute atomic E-state index is 12.2. The van der Waals surface area contributed by atoms with Crippen molar-refractivity contribution in [2.24, 2.45) is 0 Å². The lowest BCUT2D eigenvalue weighted by Gasteiger charge is -2.19. The monoisotopic (exact) mass is 468 g/mol. The van der Waals surface area contributed by atoms with Crippen LogP contribution < -0.4 is 16.0 Å². The second kappa shape index (κ2) is 9.70. The van der Waals surface area contributed by atoms with Gasteiger partial charge in [-0.25, -0.2) is 19.6 Å². The lowest BCUT2D eigenvalue weighted by molar-refractivity contribution is 0.0524. The van der Waals surface area contributed by atoms with Crippen LogP contribution in [0.15, 0.2) is 30.5 Å². The summed E-state index contributed by atoms with van der Waals surface area (Å²) in [6.45, 7) is 5.84. The van der Waals surface area contributed by atoms with Gasteiger partial charge in [-0.15, -0.1) is 11.3 Å². The second-order valence-electron chi connectivity index (χ2n) is 9.00. The summed E-state index contributed by atoms with van der Waals surface area (Å²) in [5, 5.41) is 8.53. The number of nitrogens with one attached hydrogen (secondary N) is 3. The van der Waals surface area contributed by atoms with Gasteiger partial charge in [0.25, 0.3) is 0 Å². The summed E-state index contributed by atoms with van der Waals surface area (Å²) in [6, 6.07) is 7.35. The van der Waals surface area contributed by atoms with E-state index in [-0.39, 0.29) is 12.1 Å². The van der Waals surface area contributed by atoms with Crippen molar-refractivity contribution in [1.29, 1.82) is 0 Å². The summed E-state index contributed by atoms with van der Waals surface area (Å²) in [5.41, 5.74) is 1.23. The molecule has 1 aliphatic rings. The molecule has 0 unspecified atom stereocenters. The maximum Gasteiger partial charge on any atom is 0.407 e. The van der Waals surface area contributed by atoms with Crippen LogP contribution in [0.3, 0.4) is 0 Å². The van der Waals surface area contributed by atoms with Gasteiger partial charge in [-0.05, 0) is 57.9 Å². The number of urea groups is 1. The highest BCUT2D eigenvalue weighted by Gasteiger charge is 2.18. The van der Waals surface area contributed by atoms with Crippen LogP contribution in [-0.4, -0.2) is 38.7 Å². The van der Waals surface area contributed by atoms with Gasteiger partial charge in [0.1, 0.15) is 22.6 Å². The van der Waals surface area contributed by atoms with E-state index in [1.54, 1.807) is 18.3 Å². The lowest BCUT2D eigenvalue weighted by atomic mass is 10.2. The van der Waals surface area contributed by atoms with Crippen molar-refractivity contribution in [3.8, 4) is 10.6 Å². The molecule has 174 valence electrons. The largest absolute Gasteiger partial charge is 0.444 e. The van der Waals surface area contributed by atoms with Crippen LogP contribution in [-0.2, 0) is 11.3 Å². The van der Waals surface area contributed by atoms with E-state index >= 15 is 0 Å². The highest BCUT2D eigenvalue weighted by Crippen LogP contribution is 2.27. The molecule has 33 heavy (non-hydrogen) atoms. The molecule has 9 nitrogen and oxygen atoms in total. The number of carbonyl (C=O) groups excluding carboxylic acids is 2. The van der Waals surface area contributed by atoms with E-state index in [9.17, 15) is 9.59 Å². The van der Waals surface area contributed by atoms with Gasteiger partial charge in [0, 0.05) is 10.9 Å². The van der Waals surface area contributed by atoms with Gasteiger partial charge >= 0.3 is 12.1 Å². The number of hydrogen-bond acceptors (Lipinski definition) is 7. The van der Waals surface area contributed by atoms with Gasteiger partial charge in [-0.3, -0.25) is 10.3 Å². The topological polar surface area (TPSA) is 118 Å². The number of aromatic nitrogens is 3. The number of pyridine rings is 1. The van der Waals surface area contributed by atoms with Gasteiger partial charge in [-0.2, -0.15) is 0 Å². The van der Waals surface area contributed by atoms with Gasteiger partial charge in [-0.1, -0.05) is 12.8 Å². The van der Waals surface area contributed by atoms with Crippen molar-refractivity contribution < 1.29 is 14.3 Å². The van der Waals surface area contributed by atoms with Crippen LogP contribution in [0.2, 0.25) is 0 Å². The third-order valence-corrected chi connectivity index (χ3v) is 6.17. The summed E-state index contributed by atoms with van der Waals surface area (Å²) in [5.74, 6) is 0.429. The van der Waals surface area contributed by atoms with Gasteiger partial charge < -0.3 is 15.4 Å². The van der Waals surface area contributed by atoms with Crippen molar-refractivity contribution in [3.63, 3.8) is 0 Å². The first kappa shape index (κ1) is 22.9. The third kappa shape index (κ3) is 6.38. The van der Waals surface area contributed by atoms with Crippen LogP contribution in [0.1, 0.15) is 51.3 Å². The van der Waals surface area contributed by atoms with Crippen LogP contribution in [0, 0.1) is 0 Å². The Morgan fingerprint density at radius 3 is 2.67 bits per heavy atom. The molecule has 4 rings (SSSR count). The Kier molecular flexibility index (Phi) is 6.73. The number of carbonyl (C=O) groups is 2. The predicted octanol–water partition coefficient (Wildman–Crippen LogP) is 4.84. The molecule has 1 saturated carbocycles. The standard InChI is InChI=1S/C23H28N6O3S/c1-23(2,3)32-22(31)25-12-15-8-10-18(33-15)17-13-24-16-9-11-19(28-20(16)27-17)29-21(30)26-14-6-4-5-7-14/h8-11,13-14H,4-7,12H2,1-3H3,(H,25,31)(H2,26,27,28,29,30). The van der Waals surface area contributed by atoms with Crippen LogP contribution >= 0.6 is 11.3 Å². The number of anilines is 1. The first-order valence-electron chi connectivity index (χ1n) is 11.0. The summed E-state index contributed by atoms with van der Waals surface area (Å²) < 4.78 is 5.26. The average Bonchev–Trinajstić information content (AvgIpc) is 3.42. The van der Waals surface area contributed by atoms with E-state index in [4.69, 9.17) is 4.74 Å².